The molecule has 1 amide bonds. The maximum absolute atomic E-state index is 12.4. The number of benzene rings is 1. The van der Waals surface area contributed by atoms with Crippen molar-refractivity contribution in [1.29, 1.82) is 0 Å². The number of amides is 1. The largest absolute Gasteiger partial charge is 0.355 e. The molecule has 0 bridgehead atoms. The van der Waals surface area contributed by atoms with Gasteiger partial charge in [-0.3, -0.25) is 4.79 Å². The quantitative estimate of drug-likeness (QED) is 0.912. The summed E-state index contributed by atoms with van der Waals surface area (Å²) in [7, 11) is 0. The molecule has 1 aliphatic heterocycles. The van der Waals surface area contributed by atoms with E-state index in [1.54, 1.807) is 0 Å². The molecule has 0 radical (unpaired) electrons. The van der Waals surface area contributed by atoms with Crippen molar-refractivity contribution < 1.29 is 4.79 Å². The minimum atomic E-state index is 0.136. The van der Waals surface area contributed by atoms with Crippen LogP contribution < -0.4 is 5.32 Å². The van der Waals surface area contributed by atoms with Gasteiger partial charge in [0.1, 0.15) is 11.6 Å². The smallest absolute Gasteiger partial charge is 0.223 e. The average molecular weight is 338 g/mol. The summed E-state index contributed by atoms with van der Waals surface area (Å²) < 4.78 is 2.26. The normalized spacial score (nSPS) is 22.1. The van der Waals surface area contributed by atoms with Gasteiger partial charge in [-0.2, -0.15) is 0 Å². The Labute approximate surface area is 148 Å². The first-order chi connectivity index (χ1) is 12.2. The molecule has 2 atom stereocenters. The van der Waals surface area contributed by atoms with Crippen LogP contribution in [0.15, 0.2) is 24.3 Å². The second-order valence-electron chi connectivity index (χ2n) is 7.34. The molecule has 0 spiro atoms. The van der Waals surface area contributed by atoms with E-state index in [0.717, 1.165) is 37.5 Å². The van der Waals surface area contributed by atoms with E-state index >= 15 is 0 Å². The third-order valence-electron chi connectivity index (χ3n) is 5.55. The Hall–Kier alpha value is -2.17. The number of nitrogens with zero attached hydrogens (tertiary/aromatic N) is 3. The molecule has 4 rings (SSSR count). The highest BCUT2D eigenvalue weighted by atomic mass is 16.2. The highest BCUT2D eigenvalue weighted by Crippen LogP contribution is 2.48. The molecule has 132 valence electrons. The standard InChI is InChI=1S/C20H26N4O/c1-14-7-4-5-8-15(14)16-13-17(16)20(25)21-11-10-19-23-22-18-9-3-2-6-12-24(18)19/h4-5,7-8,16-17H,2-3,6,9-13H2,1H3,(H,21,25)/t16-,17+/m1/s1. The molecule has 1 fully saturated rings. The SMILES string of the molecule is Cc1ccccc1[C@H]1C[C@@H]1C(=O)NCCc1nnc2n1CCCCC2. The molecule has 25 heavy (non-hydrogen) atoms. The highest BCUT2D eigenvalue weighted by molar-refractivity contribution is 5.83. The molecular formula is C20H26N4O. The third-order valence-corrected chi connectivity index (χ3v) is 5.55. The van der Waals surface area contributed by atoms with Gasteiger partial charge in [0, 0.05) is 31.8 Å². The predicted octanol–water partition coefficient (Wildman–Crippen LogP) is 2.78. The topological polar surface area (TPSA) is 59.8 Å². The van der Waals surface area contributed by atoms with Crippen LogP contribution in [0.4, 0.5) is 0 Å². The summed E-state index contributed by atoms with van der Waals surface area (Å²) in [6.45, 7) is 3.79. The van der Waals surface area contributed by atoms with Crippen LogP contribution in [-0.2, 0) is 24.2 Å². The Balaban J connectivity index is 1.29. The van der Waals surface area contributed by atoms with Crippen LogP contribution in [0, 0.1) is 12.8 Å². The lowest BCUT2D eigenvalue weighted by Crippen LogP contribution is -2.28. The summed E-state index contributed by atoms with van der Waals surface area (Å²) in [6.07, 6.45) is 6.43. The lowest BCUT2D eigenvalue weighted by Gasteiger charge is -2.08. The fourth-order valence-corrected chi connectivity index (χ4v) is 3.99. The Bertz CT molecular complexity index is 767. The van der Waals surface area contributed by atoms with E-state index < -0.39 is 0 Å². The van der Waals surface area contributed by atoms with Crippen molar-refractivity contribution in [3.63, 3.8) is 0 Å². The van der Waals surface area contributed by atoms with E-state index in [1.165, 1.54) is 30.4 Å². The minimum Gasteiger partial charge on any atom is -0.355 e. The van der Waals surface area contributed by atoms with E-state index in [0.29, 0.717) is 12.5 Å². The van der Waals surface area contributed by atoms with Crippen molar-refractivity contribution in [2.45, 2.75) is 57.9 Å². The molecule has 1 aromatic heterocycles. The Morgan fingerprint density at radius 3 is 3.00 bits per heavy atom. The van der Waals surface area contributed by atoms with Gasteiger partial charge < -0.3 is 9.88 Å². The maximum atomic E-state index is 12.4. The molecular weight excluding hydrogens is 312 g/mol. The molecule has 5 nitrogen and oxygen atoms in total. The van der Waals surface area contributed by atoms with Gasteiger partial charge in [-0.1, -0.05) is 30.7 Å². The molecule has 1 N–H and O–H groups in total. The molecule has 1 aromatic carbocycles. The molecule has 1 saturated carbocycles. The van der Waals surface area contributed by atoms with Crippen molar-refractivity contribution in [2.75, 3.05) is 6.54 Å². The Morgan fingerprint density at radius 2 is 2.12 bits per heavy atom. The molecule has 0 saturated heterocycles. The minimum absolute atomic E-state index is 0.136. The van der Waals surface area contributed by atoms with Gasteiger partial charge in [0.25, 0.3) is 0 Å². The van der Waals surface area contributed by atoms with Crippen LogP contribution in [-0.4, -0.2) is 27.2 Å². The number of carbonyl (C=O) groups excluding carboxylic acids is 1. The van der Waals surface area contributed by atoms with E-state index in [-0.39, 0.29) is 11.8 Å². The first kappa shape index (κ1) is 16.3. The summed E-state index contributed by atoms with van der Waals surface area (Å²) in [4.78, 5) is 12.4. The number of nitrogens with one attached hydrogen (secondary N) is 1. The maximum Gasteiger partial charge on any atom is 0.223 e. The zero-order valence-corrected chi connectivity index (χ0v) is 14.9. The lowest BCUT2D eigenvalue weighted by atomic mass is 10.0. The Morgan fingerprint density at radius 1 is 1.24 bits per heavy atom. The van der Waals surface area contributed by atoms with Crippen LogP contribution in [0.5, 0.6) is 0 Å². The number of aryl methyl sites for hydroxylation is 2. The van der Waals surface area contributed by atoms with Crippen molar-refractivity contribution in [2.24, 2.45) is 5.92 Å². The summed E-state index contributed by atoms with van der Waals surface area (Å²) in [6, 6.07) is 8.39. The van der Waals surface area contributed by atoms with Crippen LogP contribution >= 0.6 is 0 Å². The predicted molar refractivity (Wildman–Crippen MR) is 96.3 cm³/mol. The molecule has 0 unspecified atom stereocenters. The molecule has 2 heterocycles. The first-order valence-electron chi connectivity index (χ1n) is 9.48. The van der Waals surface area contributed by atoms with E-state index in [4.69, 9.17) is 0 Å². The second kappa shape index (κ2) is 6.98. The number of rotatable bonds is 5. The van der Waals surface area contributed by atoms with Crippen LogP contribution in [0.25, 0.3) is 0 Å². The molecule has 2 aromatic rings. The van der Waals surface area contributed by atoms with Crippen LogP contribution in [0.2, 0.25) is 0 Å². The zero-order valence-electron chi connectivity index (χ0n) is 14.9. The van der Waals surface area contributed by atoms with E-state index in [9.17, 15) is 4.79 Å². The highest BCUT2D eigenvalue weighted by Gasteiger charge is 2.44. The number of fused-ring (bicyclic) bond motifs is 1. The summed E-state index contributed by atoms with van der Waals surface area (Å²) in [5.41, 5.74) is 2.61. The van der Waals surface area contributed by atoms with Crippen LogP contribution in [0.1, 0.15) is 54.4 Å². The third kappa shape index (κ3) is 3.46. The fraction of sp³-hybridized carbons (Fsp3) is 0.550. The van der Waals surface area contributed by atoms with Gasteiger partial charge in [0.15, 0.2) is 0 Å². The number of carbonyl (C=O) groups is 1. The summed E-state index contributed by atoms with van der Waals surface area (Å²) >= 11 is 0. The number of aromatic nitrogens is 3. The van der Waals surface area contributed by atoms with Gasteiger partial charge >= 0.3 is 0 Å². The Kier molecular flexibility index (Phi) is 4.55. The zero-order chi connectivity index (χ0) is 17.2. The van der Waals surface area contributed by atoms with Crippen molar-refractivity contribution >= 4 is 5.91 Å². The van der Waals surface area contributed by atoms with Gasteiger partial charge in [-0.05, 0) is 43.2 Å². The van der Waals surface area contributed by atoms with Gasteiger partial charge in [-0.25, -0.2) is 0 Å². The fourth-order valence-electron chi connectivity index (χ4n) is 3.99. The number of hydrogen-bond donors (Lipinski definition) is 1. The van der Waals surface area contributed by atoms with Crippen molar-refractivity contribution in [3.05, 3.63) is 47.0 Å². The van der Waals surface area contributed by atoms with E-state index in [2.05, 4.69) is 51.3 Å². The molecule has 2 aliphatic rings. The van der Waals surface area contributed by atoms with Gasteiger partial charge in [-0.15, -0.1) is 10.2 Å². The lowest BCUT2D eigenvalue weighted by molar-refractivity contribution is -0.122. The first-order valence-corrected chi connectivity index (χ1v) is 9.48. The van der Waals surface area contributed by atoms with Crippen LogP contribution in [0.3, 0.4) is 0 Å². The van der Waals surface area contributed by atoms with Crippen molar-refractivity contribution in [3.8, 4) is 0 Å². The van der Waals surface area contributed by atoms with Crippen molar-refractivity contribution in [1.82, 2.24) is 20.1 Å². The molecule has 5 heteroatoms. The second-order valence-corrected chi connectivity index (χ2v) is 7.34. The average Bonchev–Trinajstić information content (AvgIpc) is 3.37. The van der Waals surface area contributed by atoms with E-state index in [1.807, 2.05) is 0 Å². The monoisotopic (exact) mass is 338 g/mol. The van der Waals surface area contributed by atoms with Gasteiger partial charge in [0.05, 0.1) is 0 Å². The summed E-state index contributed by atoms with van der Waals surface area (Å²) in [5.74, 6) is 2.84. The van der Waals surface area contributed by atoms with Gasteiger partial charge in [0.2, 0.25) is 5.91 Å². The molecule has 1 aliphatic carbocycles. The summed E-state index contributed by atoms with van der Waals surface area (Å²) in [5, 5.41) is 11.8. The number of hydrogen-bond acceptors (Lipinski definition) is 3.